The van der Waals surface area contributed by atoms with E-state index in [-0.39, 0.29) is 17.6 Å². The molecule has 0 saturated heterocycles. The van der Waals surface area contributed by atoms with E-state index in [9.17, 15) is 9.50 Å². The lowest BCUT2D eigenvalue weighted by atomic mass is 10.1. The van der Waals surface area contributed by atoms with Gasteiger partial charge in [0, 0.05) is 18.2 Å². The summed E-state index contributed by atoms with van der Waals surface area (Å²) in [5.41, 5.74) is 1.61. The third-order valence-electron chi connectivity index (χ3n) is 3.23. The summed E-state index contributed by atoms with van der Waals surface area (Å²) in [7, 11) is 1.63. The van der Waals surface area contributed by atoms with E-state index in [4.69, 9.17) is 4.74 Å². The van der Waals surface area contributed by atoms with Crippen LogP contribution in [0.25, 0.3) is 0 Å². The first-order valence-electron chi connectivity index (χ1n) is 6.45. The molecule has 1 unspecified atom stereocenters. The van der Waals surface area contributed by atoms with E-state index < -0.39 is 0 Å². The van der Waals surface area contributed by atoms with Crippen molar-refractivity contribution in [3.63, 3.8) is 0 Å². The number of phenolic OH excluding ortho intramolecular Hbond substituents is 1. The number of nitrogens with one attached hydrogen (secondary N) is 1. The van der Waals surface area contributed by atoms with E-state index >= 15 is 0 Å². The molecule has 0 saturated carbocycles. The quantitative estimate of drug-likeness (QED) is 0.879. The van der Waals surface area contributed by atoms with Gasteiger partial charge in [0.05, 0.1) is 7.11 Å². The smallest absolute Gasteiger partial charge is 0.123 e. The van der Waals surface area contributed by atoms with Crippen LogP contribution in [0, 0.1) is 5.82 Å². The van der Waals surface area contributed by atoms with Gasteiger partial charge in [-0.2, -0.15) is 0 Å². The minimum atomic E-state index is -0.353. The van der Waals surface area contributed by atoms with E-state index in [1.807, 2.05) is 31.2 Å². The molecule has 0 amide bonds. The van der Waals surface area contributed by atoms with Gasteiger partial charge in [-0.25, -0.2) is 4.39 Å². The Balaban J connectivity index is 2.04. The Kier molecular flexibility index (Phi) is 4.58. The number of methoxy groups -OCH3 is 1. The first-order valence-corrected chi connectivity index (χ1v) is 6.45. The lowest BCUT2D eigenvalue weighted by Gasteiger charge is -2.15. The van der Waals surface area contributed by atoms with Crippen molar-refractivity contribution in [3.05, 3.63) is 59.4 Å². The maximum atomic E-state index is 13.1. The number of benzene rings is 2. The van der Waals surface area contributed by atoms with Crippen LogP contribution < -0.4 is 10.1 Å². The van der Waals surface area contributed by atoms with Gasteiger partial charge in [-0.05, 0) is 42.8 Å². The molecule has 0 aromatic heterocycles. The average molecular weight is 275 g/mol. The third-order valence-corrected chi connectivity index (χ3v) is 3.23. The van der Waals surface area contributed by atoms with E-state index in [2.05, 4.69) is 5.32 Å². The Hall–Kier alpha value is -2.07. The van der Waals surface area contributed by atoms with E-state index in [0.29, 0.717) is 12.1 Å². The number of halogens is 1. The number of phenols is 1. The zero-order valence-electron chi connectivity index (χ0n) is 11.6. The molecule has 2 N–H and O–H groups in total. The lowest BCUT2D eigenvalue weighted by molar-refractivity contribution is 0.413. The Bertz CT molecular complexity index is 586. The van der Waals surface area contributed by atoms with Gasteiger partial charge in [-0.1, -0.05) is 12.1 Å². The highest BCUT2D eigenvalue weighted by molar-refractivity contribution is 5.33. The van der Waals surface area contributed by atoms with Crippen LogP contribution in [-0.2, 0) is 6.54 Å². The van der Waals surface area contributed by atoms with Crippen molar-refractivity contribution in [1.29, 1.82) is 0 Å². The Morgan fingerprint density at radius 1 is 1.25 bits per heavy atom. The second-order valence-corrected chi connectivity index (χ2v) is 4.65. The largest absolute Gasteiger partial charge is 0.508 e. The van der Waals surface area contributed by atoms with Crippen LogP contribution in [0.3, 0.4) is 0 Å². The van der Waals surface area contributed by atoms with E-state index in [1.165, 1.54) is 18.2 Å². The molecule has 0 aliphatic heterocycles. The van der Waals surface area contributed by atoms with Gasteiger partial charge < -0.3 is 15.2 Å². The third kappa shape index (κ3) is 3.48. The maximum absolute atomic E-state index is 13.1. The van der Waals surface area contributed by atoms with Crippen molar-refractivity contribution < 1.29 is 14.2 Å². The molecule has 0 aliphatic carbocycles. The molecule has 106 valence electrons. The van der Waals surface area contributed by atoms with E-state index in [1.54, 1.807) is 7.11 Å². The van der Waals surface area contributed by atoms with Crippen LogP contribution in [0.15, 0.2) is 42.5 Å². The van der Waals surface area contributed by atoms with Crippen molar-refractivity contribution in [2.45, 2.75) is 19.5 Å². The molecule has 2 aromatic carbocycles. The molecule has 0 spiro atoms. The van der Waals surface area contributed by atoms with Crippen LogP contribution in [-0.4, -0.2) is 12.2 Å². The molecule has 2 rings (SSSR count). The minimum Gasteiger partial charge on any atom is -0.508 e. The summed E-state index contributed by atoms with van der Waals surface area (Å²) in [6.07, 6.45) is 0. The van der Waals surface area contributed by atoms with Gasteiger partial charge in [-0.3, -0.25) is 0 Å². The zero-order chi connectivity index (χ0) is 14.5. The van der Waals surface area contributed by atoms with Crippen LogP contribution in [0.1, 0.15) is 24.1 Å². The highest BCUT2D eigenvalue weighted by atomic mass is 19.1. The molecule has 3 nitrogen and oxygen atoms in total. The molecule has 0 radical (unpaired) electrons. The molecule has 0 fully saturated rings. The number of ether oxygens (including phenoxy) is 1. The van der Waals surface area contributed by atoms with Gasteiger partial charge in [-0.15, -0.1) is 0 Å². The molecule has 0 aliphatic rings. The van der Waals surface area contributed by atoms with Gasteiger partial charge in [0.2, 0.25) is 0 Å². The number of aromatic hydroxyl groups is 1. The molecular formula is C16H18FNO2. The van der Waals surface area contributed by atoms with Crippen molar-refractivity contribution in [2.75, 3.05) is 7.11 Å². The van der Waals surface area contributed by atoms with Crippen LogP contribution in [0.5, 0.6) is 11.5 Å². The molecular weight excluding hydrogens is 257 g/mol. The van der Waals surface area contributed by atoms with Gasteiger partial charge in [0.1, 0.15) is 17.3 Å². The second-order valence-electron chi connectivity index (χ2n) is 4.65. The second kappa shape index (κ2) is 6.39. The number of rotatable bonds is 5. The monoisotopic (exact) mass is 275 g/mol. The van der Waals surface area contributed by atoms with Crippen molar-refractivity contribution in [1.82, 2.24) is 5.32 Å². The fraction of sp³-hybridized carbons (Fsp3) is 0.250. The summed E-state index contributed by atoms with van der Waals surface area (Å²) in [4.78, 5) is 0. The lowest BCUT2D eigenvalue weighted by Crippen LogP contribution is -2.18. The summed E-state index contributed by atoms with van der Waals surface area (Å²) in [6.45, 7) is 2.40. The maximum Gasteiger partial charge on any atom is 0.123 e. The highest BCUT2D eigenvalue weighted by Crippen LogP contribution is 2.21. The summed E-state index contributed by atoms with van der Waals surface area (Å²) < 4.78 is 18.3. The Morgan fingerprint density at radius 2 is 2.05 bits per heavy atom. The summed E-state index contributed by atoms with van der Waals surface area (Å²) in [5.74, 6) is 0.537. The highest BCUT2D eigenvalue weighted by Gasteiger charge is 2.08. The van der Waals surface area contributed by atoms with E-state index in [0.717, 1.165) is 11.3 Å². The normalized spacial score (nSPS) is 12.2. The van der Waals surface area contributed by atoms with Gasteiger partial charge in [0.25, 0.3) is 0 Å². The van der Waals surface area contributed by atoms with Crippen LogP contribution >= 0.6 is 0 Å². The number of hydrogen-bond acceptors (Lipinski definition) is 3. The average Bonchev–Trinajstić information content (AvgIpc) is 2.48. The topological polar surface area (TPSA) is 41.5 Å². The fourth-order valence-corrected chi connectivity index (χ4v) is 1.99. The zero-order valence-corrected chi connectivity index (χ0v) is 11.6. The standard InChI is InChI=1S/C16H18FNO2/c1-11(12-4-3-5-15(9-12)20-2)18-10-13-8-14(17)6-7-16(13)19/h3-9,11,18-19H,10H2,1-2H3. The van der Waals surface area contributed by atoms with Gasteiger partial charge in [0.15, 0.2) is 0 Å². The van der Waals surface area contributed by atoms with Crippen molar-refractivity contribution >= 4 is 0 Å². The molecule has 20 heavy (non-hydrogen) atoms. The van der Waals surface area contributed by atoms with Gasteiger partial charge >= 0.3 is 0 Å². The predicted octanol–water partition coefficient (Wildman–Crippen LogP) is 3.39. The molecule has 4 heteroatoms. The summed E-state index contributed by atoms with van der Waals surface area (Å²) in [6, 6.07) is 11.7. The summed E-state index contributed by atoms with van der Waals surface area (Å²) in [5, 5.41) is 12.9. The molecule has 0 bridgehead atoms. The van der Waals surface area contributed by atoms with Crippen LogP contribution in [0.4, 0.5) is 4.39 Å². The van der Waals surface area contributed by atoms with Crippen LogP contribution in [0.2, 0.25) is 0 Å². The first kappa shape index (κ1) is 14.3. The van der Waals surface area contributed by atoms with Crippen molar-refractivity contribution in [2.24, 2.45) is 0 Å². The SMILES string of the molecule is COc1cccc(C(C)NCc2cc(F)ccc2O)c1. The first-order chi connectivity index (χ1) is 9.60. The summed E-state index contributed by atoms with van der Waals surface area (Å²) >= 11 is 0. The Labute approximate surface area is 118 Å². The Morgan fingerprint density at radius 3 is 2.80 bits per heavy atom. The minimum absolute atomic E-state index is 0.0627. The predicted molar refractivity (Wildman–Crippen MR) is 76.3 cm³/mol. The molecule has 1 atom stereocenters. The molecule has 0 heterocycles. The number of hydrogen-bond donors (Lipinski definition) is 2. The fourth-order valence-electron chi connectivity index (χ4n) is 1.99. The van der Waals surface area contributed by atoms with Crippen molar-refractivity contribution in [3.8, 4) is 11.5 Å². The molecule has 2 aromatic rings.